The van der Waals surface area contributed by atoms with Crippen LogP contribution in [0.5, 0.6) is 11.5 Å². The van der Waals surface area contributed by atoms with E-state index in [1.165, 1.54) is 12.1 Å². The van der Waals surface area contributed by atoms with Crippen molar-refractivity contribution in [2.45, 2.75) is 12.7 Å². The average Bonchev–Trinajstić information content (AvgIpc) is 2.62. The van der Waals surface area contributed by atoms with Gasteiger partial charge >= 0.3 is 6.18 Å². The van der Waals surface area contributed by atoms with Crippen LogP contribution >= 0.6 is 0 Å². The number of para-hydroxylation sites is 1. The van der Waals surface area contributed by atoms with Crippen molar-refractivity contribution < 1.29 is 17.9 Å². The van der Waals surface area contributed by atoms with Crippen LogP contribution in [0.2, 0.25) is 0 Å². The van der Waals surface area contributed by atoms with Crippen LogP contribution in [0.15, 0.2) is 72.9 Å². The fourth-order valence-corrected chi connectivity index (χ4v) is 2.24. The number of halogens is 3. The minimum Gasteiger partial charge on any atom is -0.457 e. The molecule has 128 valence electrons. The standard InChI is InChI=1S/C19H15F3N2O/c20-19(21,22)15-8-10-16(11-9-15)25-17-6-2-1-5-14(17)13-24-18-7-3-4-12-23-18/h1-12H,13H2,(H,23,24). The summed E-state index contributed by atoms with van der Waals surface area (Å²) in [5.74, 6) is 1.65. The first-order valence-electron chi connectivity index (χ1n) is 7.60. The maximum atomic E-state index is 12.6. The molecule has 0 saturated carbocycles. The lowest BCUT2D eigenvalue weighted by Crippen LogP contribution is -2.04. The Morgan fingerprint density at radius 2 is 1.60 bits per heavy atom. The Balaban J connectivity index is 1.72. The topological polar surface area (TPSA) is 34.1 Å². The summed E-state index contributed by atoms with van der Waals surface area (Å²) >= 11 is 0. The predicted molar refractivity (Wildman–Crippen MR) is 89.5 cm³/mol. The Hall–Kier alpha value is -3.02. The summed E-state index contributed by atoms with van der Waals surface area (Å²) in [6, 6.07) is 17.5. The molecule has 25 heavy (non-hydrogen) atoms. The van der Waals surface area contributed by atoms with E-state index in [9.17, 15) is 13.2 Å². The van der Waals surface area contributed by atoms with Crippen molar-refractivity contribution in [1.82, 2.24) is 4.98 Å². The summed E-state index contributed by atoms with van der Waals surface area (Å²) in [5, 5.41) is 3.18. The van der Waals surface area contributed by atoms with Crippen molar-refractivity contribution in [2.75, 3.05) is 5.32 Å². The first-order chi connectivity index (χ1) is 12.0. The molecule has 0 aliphatic rings. The van der Waals surface area contributed by atoms with Crippen LogP contribution < -0.4 is 10.1 Å². The smallest absolute Gasteiger partial charge is 0.416 e. The van der Waals surface area contributed by atoms with E-state index >= 15 is 0 Å². The minimum atomic E-state index is -4.36. The summed E-state index contributed by atoms with van der Waals surface area (Å²) in [5.41, 5.74) is 0.165. The number of pyridine rings is 1. The lowest BCUT2D eigenvalue weighted by atomic mass is 10.2. The minimum absolute atomic E-state index is 0.346. The molecule has 3 aromatic rings. The highest BCUT2D eigenvalue weighted by Gasteiger charge is 2.30. The zero-order valence-corrected chi connectivity index (χ0v) is 13.1. The highest BCUT2D eigenvalue weighted by atomic mass is 19.4. The number of hydrogen-bond acceptors (Lipinski definition) is 3. The van der Waals surface area contributed by atoms with E-state index in [1.54, 1.807) is 12.3 Å². The third-order valence-electron chi connectivity index (χ3n) is 3.51. The molecule has 0 aliphatic carbocycles. The number of ether oxygens (including phenoxy) is 1. The lowest BCUT2D eigenvalue weighted by Gasteiger charge is -2.13. The molecule has 0 radical (unpaired) electrons. The van der Waals surface area contributed by atoms with Crippen molar-refractivity contribution in [3.8, 4) is 11.5 Å². The molecular formula is C19H15F3N2O. The van der Waals surface area contributed by atoms with E-state index in [2.05, 4.69) is 10.3 Å². The van der Waals surface area contributed by atoms with Gasteiger partial charge in [0, 0.05) is 18.3 Å². The van der Waals surface area contributed by atoms with Gasteiger partial charge in [0.1, 0.15) is 17.3 Å². The molecule has 0 atom stereocenters. The molecule has 1 heterocycles. The largest absolute Gasteiger partial charge is 0.457 e. The van der Waals surface area contributed by atoms with Crippen LogP contribution in [-0.4, -0.2) is 4.98 Å². The molecule has 0 bridgehead atoms. The molecule has 6 heteroatoms. The molecule has 1 N–H and O–H groups in total. The van der Waals surface area contributed by atoms with E-state index in [0.717, 1.165) is 23.5 Å². The molecule has 3 rings (SSSR count). The van der Waals surface area contributed by atoms with E-state index in [-0.39, 0.29) is 0 Å². The molecule has 0 amide bonds. The first kappa shape index (κ1) is 16.8. The number of anilines is 1. The van der Waals surface area contributed by atoms with Crippen LogP contribution in [-0.2, 0) is 12.7 Å². The molecule has 1 aromatic heterocycles. The van der Waals surface area contributed by atoms with Gasteiger partial charge in [-0.25, -0.2) is 4.98 Å². The average molecular weight is 344 g/mol. The van der Waals surface area contributed by atoms with Gasteiger partial charge < -0.3 is 10.1 Å². The molecule has 0 spiro atoms. The summed E-state index contributed by atoms with van der Waals surface area (Å²) in [7, 11) is 0. The van der Waals surface area contributed by atoms with Crippen molar-refractivity contribution in [1.29, 1.82) is 0 Å². The number of aromatic nitrogens is 1. The van der Waals surface area contributed by atoms with E-state index in [4.69, 9.17) is 4.74 Å². The molecule has 0 saturated heterocycles. The van der Waals surface area contributed by atoms with Gasteiger partial charge in [-0.15, -0.1) is 0 Å². The lowest BCUT2D eigenvalue weighted by molar-refractivity contribution is -0.137. The Labute approximate surface area is 143 Å². The van der Waals surface area contributed by atoms with Gasteiger partial charge in [-0.3, -0.25) is 0 Å². The van der Waals surface area contributed by atoms with E-state index in [1.807, 2.05) is 36.4 Å². The molecular weight excluding hydrogens is 329 g/mol. The van der Waals surface area contributed by atoms with Gasteiger partial charge in [0.25, 0.3) is 0 Å². The first-order valence-corrected chi connectivity index (χ1v) is 7.60. The molecule has 2 aromatic carbocycles. The second-order valence-electron chi connectivity index (χ2n) is 5.30. The summed E-state index contributed by atoms with van der Waals surface area (Å²) in [4.78, 5) is 4.18. The number of nitrogens with one attached hydrogen (secondary N) is 1. The second-order valence-corrected chi connectivity index (χ2v) is 5.30. The molecule has 0 fully saturated rings. The Morgan fingerprint density at radius 3 is 2.28 bits per heavy atom. The maximum Gasteiger partial charge on any atom is 0.416 e. The summed E-state index contributed by atoms with van der Waals surface area (Å²) in [6.07, 6.45) is -2.67. The molecule has 0 unspecified atom stereocenters. The van der Waals surface area contributed by atoms with Crippen LogP contribution in [0.3, 0.4) is 0 Å². The van der Waals surface area contributed by atoms with Crippen molar-refractivity contribution in [2.24, 2.45) is 0 Å². The number of alkyl halides is 3. The Morgan fingerprint density at radius 1 is 0.880 bits per heavy atom. The van der Waals surface area contributed by atoms with Gasteiger partial charge in [-0.1, -0.05) is 24.3 Å². The van der Waals surface area contributed by atoms with Crippen LogP contribution in [0.25, 0.3) is 0 Å². The van der Waals surface area contributed by atoms with Crippen LogP contribution in [0, 0.1) is 0 Å². The third-order valence-corrected chi connectivity index (χ3v) is 3.51. The normalized spacial score (nSPS) is 11.2. The van der Waals surface area contributed by atoms with Crippen molar-refractivity contribution >= 4 is 5.82 Å². The van der Waals surface area contributed by atoms with Crippen molar-refractivity contribution in [3.05, 3.63) is 84.1 Å². The zero-order chi connectivity index (χ0) is 17.7. The third kappa shape index (κ3) is 4.50. The number of nitrogens with zero attached hydrogens (tertiary/aromatic N) is 1. The van der Waals surface area contributed by atoms with Gasteiger partial charge in [-0.2, -0.15) is 13.2 Å². The second kappa shape index (κ2) is 7.25. The van der Waals surface area contributed by atoms with Gasteiger partial charge in [0.05, 0.1) is 5.56 Å². The monoisotopic (exact) mass is 344 g/mol. The van der Waals surface area contributed by atoms with E-state index in [0.29, 0.717) is 18.0 Å². The zero-order valence-electron chi connectivity index (χ0n) is 13.1. The number of rotatable bonds is 5. The van der Waals surface area contributed by atoms with E-state index < -0.39 is 11.7 Å². The highest BCUT2D eigenvalue weighted by molar-refractivity contribution is 5.42. The Kier molecular flexibility index (Phi) is 4.88. The Bertz CT molecular complexity index is 818. The van der Waals surface area contributed by atoms with Gasteiger partial charge in [0.2, 0.25) is 0 Å². The van der Waals surface area contributed by atoms with Crippen LogP contribution in [0.1, 0.15) is 11.1 Å². The molecule has 0 aliphatic heterocycles. The number of benzene rings is 2. The van der Waals surface area contributed by atoms with Crippen molar-refractivity contribution in [3.63, 3.8) is 0 Å². The van der Waals surface area contributed by atoms with Gasteiger partial charge in [-0.05, 0) is 42.5 Å². The fourth-order valence-electron chi connectivity index (χ4n) is 2.24. The summed E-state index contributed by atoms with van der Waals surface area (Å²) in [6.45, 7) is 0.480. The number of hydrogen-bond donors (Lipinski definition) is 1. The predicted octanol–water partition coefficient (Wildman–Crippen LogP) is 5.50. The highest BCUT2D eigenvalue weighted by Crippen LogP contribution is 2.32. The summed E-state index contributed by atoms with van der Waals surface area (Å²) < 4.78 is 43.6. The maximum absolute atomic E-state index is 12.6. The SMILES string of the molecule is FC(F)(F)c1ccc(Oc2ccccc2CNc2ccccn2)cc1. The molecule has 3 nitrogen and oxygen atoms in total. The fraction of sp³-hybridized carbons (Fsp3) is 0.105. The van der Waals surface area contributed by atoms with Crippen LogP contribution in [0.4, 0.5) is 19.0 Å². The quantitative estimate of drug-likeness (QED) is 0.663. The van der Waals surface area contributed by atoms with Gasteiger partial charge in [0.15, 0.2) is 0 Å².